The predicted molar refractivity (Wildman–Crippen MR) is 136 cm³/mol. The van der Waals surface area contributed by atoms with Gasteiger partial charge >= 0.3 is 5.69 Å². The number of imidazole rings is 1. The summed E-state index contributed by atoms with van der Waals surface area (Å²) in [6.45, 7) is 4.34. The number of ether oxygens (including phenoxy) is 2. The Bertz CT molecular complexity index is 1320. The normalized spacial score (nSPS) is 16.3. The Morgan fingerprint density at radius 2 is 1.68 bits per heavy atom. The van der Waals surface area contributed by atoms with Crippen molar-refractivity contribution in [1.29, 1.82) is 0 Å². The Labute approximate surface area is 212 Å². The van der Waals surface area contributed by atoms with E-state index in [1.807, 2.05) is 6.92 Å². The number of aliphatic hydroxyl groups excluding tert-OH is 1. The highest BCUT2D eigenvalue weighted by Crippen LogP contribution is 2.35. The van der Waals surface area contributed by atoms with Crippen LogP contribution in [-0.4, -0.2) is 88.8 Å². The van der Waals surface area contributed by atoms with Crippen molar-refractivity contribution in [2.24, 2.45) is 0 Å². The first kappa shape index (κ1) is 30.5. The lowest BCUT2D eigenvalue weighted by molar-refractivity contribution is 0.0225. The zero-order valence-corrected chi connectivity index (χ0v) is 22.4. The molecule has 4 atom stereocenters. The summed E-state index contributed by atoms with van der Waals surface area (Å²) in [5.74, 6) is 0.428. The lowest BCUT2D eigenvalue weighted by atomic mass is 10.3. The summed E-state index contributed by atoms with van der Waals surface area (Å²) in [5, 5.41) is 9.07. The van der Waals surface area contributed by atoms with Crippen LogP contribution in [0.2, 0.25) is 0 Å². The molecule has 0 bridgehead atoms. The van der Waals surface area contributed by atoms with Crippen LogP contribution in [0.25, 0.3) is 11.2 Å². The van der Waals surface area contributed by atoms with E-state index < -0.39 is 26.5 Å². The molecular formula is C19H32N8O8P2. The highest BCUT2D eigenvalue weighted by molar-refractivity contribution is 7.57. The van der Waals surface area contributed by atoms with E-state index in [0.29, 0.717) is 23.5 Å². The molecule has 3 aromatic rings. The predicted octanol–water partition coefficient (Wildman–Crippen LogP) is -0.268. The number of anilines is 2. The molecule has 206 valence electrons. The van der Waals surface area contributed by atoms with Crippen LogP contribution in [0.1, 0.15) is 6.92 Å². The first-order chi connectivity index (χ1) is 17.2. The summed E-state index contributed by atoms with van der Waals surface area (Å²) >= 11 is 0. The number of aliphatic hydroxyl groups is 1. The van der Waals surface area contributed by atoms with Gasteiger partial charge in [0.15, 0.2) is 11.5 Å². The van der Waals surface area contributed by atoms with Crippen LogP contribution in [0, 0.1) is 0 Å². The Balaban J connectivity index is 0.000000261. The molecule has 0 aromatic carbocycles. The Kier molecular flexibility index (Phi) is 10.9. The fourth-order valence-corrected chi connectivity index (χ4v) is 3.85. The van der Waals surface area contributed by atoms with Gasteiger partial charge in [0.1, 0.15) is 30.4 Å². The van der Waals surface area contributed by atoms with Crippen LogP contribution in [0.15, 0.2) is 29.7 Å². The molecule has 16 nitrogen and oxygen atoms in total. The van der Waals surface area contributed by atoms with Crippen molar-refractivity contribution in [1.82, 2.24) is 29.1 Å². The molecule has 0 aliphatic rings. The number of aromatic nitrogens is 6. The second-order valence-electron chi connectivity index (χ2n) is 8.42. The zero-order chi connectivity index (χ0) is 27.8. The average molecular weight is 562 g/mol. The van der Waals surface area contributed by atoms with E-state index in [2.05, 4.69) is 19.9 Å². The molecule has 3 aromatic heterocycles. The highest BCUT2D eigenvalue weighted by atomic mass is 31.2. The molecule has 0 amide bonds. The second kappa shape index (κ2) is 13.2. The van der Waals surface area contributed by atoms with Gasteiger partial charge in [-0.05, 0) is 13.0 Å². The molecule has 0 saturated carbocycles. The fourth-order valence-electron chi connectivity index (χ4n) is 2.83. The van der Waals surface area contributed by atoms with Crippen LogP contribution in [0.4, 0.5) is 11.6 Å². The highest BCUT2D eigenvalue weighted by Gasteiger charge is 2.17. The van der Waals surface area contributed by atoms with E-state index in [-0.39, 0.29) is 37.8 Å². The number of nitrogens with two attached hydrogens (primary N) is 2. The van der Waals surface area contributed by atoms with Crippen LogP contribution < -0.4 is 17.2 Å². The third-order valence-electron chi connectivity index (χ3n) is 4.53. The number of hydrogen-bond donors (Lipinski definition) is 5. The van der Waals surface area contributed by atoms with E-state index in [1.54, 1.807) is 10.9 Å². The van der Waals surface area contributed by atoms with Gasteiger partial charge in [-0.2, -0.15) is 4.98 Å². The van der Waals surface area contributed by atoms with E-state index >= 15 is 0 Å². The Morgan fingerprint density at radius 1 is 1.03 bits per heavy atom. The minimum atomic E-state index is -3.31. The van der Waals surface area contributed by atoms with Gasteiger partial charge in [-0.25, -0.2) is 19.7 Å². The van der Waals surface area contributed by atoms with Gasteiger partial charge < -0.3 is 40.4 Å². The van der Waals surface area contributed by atoms with Gasteiger partial charge in [0, 0.05) is 19.5 Å². The average Bonchev–Trinajstić information content (AvgIpc) is 3.20. The summed E-state index contributed by atoms with van der Waals surface area (Å²) in [6.07, 6.45) is 2.84. The maximum absolute atomic E-state index is 11.4. The molecule has 3 heterocycles. The largest absolute Gasteiger partial charge is 0.394 e. The van der Waals surface area contributed by atoms with Crippen LogP contribution >= 0.6 is 14.7 Å². The third kappa shape index (κ3) is 10.7. The first-order valence-corrected chi connectivity index (χ1v) is 15.4. The van der Waals surface area contributed by atoms with Gasteiger partial charge in [0.25, 0.3) is 0 Å². The summed E-state index contributed by atoms with van der Waals surface area (Å²) in [5.41, 5.74) is 11.6. The van der Waals surface area contributed by atoms with E-state index in [1.165, 1.54) is 29.8 Å². The molecule has 37 heavy (non-hydrogen) atoms. The molecule has 0 saturated heterocycles. The summed E-state index contributed by atoms with van der Waals surface area (Å²) < 4.78 is 35.6. The smallest absolute Gasteiger partial charge is 0.349 e. The summed E-state index contributed by atoms with van der Waals surface area (Å²) in [4.78, 5) is 45.3. The summed E-state index contributed by atoms with van der Waals surface area (Å²) in [6, 6.07) is 1.44. The maximum atomic E-state index is 11.4. The Hall–Kier alpha value is -2.71. The molecule has 0 spiro atoms. The lowest BCUT2D eigenvalue weighted by Gasteiger charge is -2.17. The topological polar surface area (TPSA) is 244 Å². The van der Waals surface area contributed by atoms with Crippen LogP contribution in [-0.2, 0) is 31.7 Å². The molecule has 0 radical (unpaired) electrons. The van der Waals surface area contributed by atoms with Gasteiger partial charge in [0.05, 0.1) is 38.2 Å². The van der Waals surface area contributed by atoms with Crippen molar-refractivity contribution >= 4 is 37.5 Å². The van der Waals surface area contributed by atoms with Crippen LogP contribution in [0.3, 0.4) is 0 Å². The second-order valence-corrected chi connectivity index (χ2v) is 13.1. The Morgan fingerprint density at radius 3 is 2.27 bits per heavy atom. The van der Waals surface area contributed by atoms with Gasteiger partial charge in [-0.15, -0.1) is 0 Å². The van der Waals surface area contributed by atoms with Gasteiger partial charge in [0.2, 0.25) is 14.7 Å². The van der Waals surface area contributed by atoms with E-state index in [9.17, 15) is 18.8 Å². The van der Waals surface area contributed by atoms with Crippen LogP contribution in [0.5, 0.6) is 0 Å². The molecular weight excluding hydrogens is 530 g/mol. The van der Waals surface area contributed by atoms with E-state index in [4.69, 9.17) is 30.9 Å². The number of hydrogen-bond acceptors (Lipinski definition) is 12. The number of rotatable bonds is 11. The molecule has 0 aliphatic carbocycles. The quantitative estimate of drug-likeness (QED) is 0.189. The molecule has 7 N–H and O–H groups in total. The standard InChI is InChI=1S/C10H16N5O3P.C9H16N3O5P/c1-7(18-6-19(2,16)17)3-15-5-14-8-9(11)12-4-13-10(8)15;1-18(15,16)6-17-7(5-13)4-12-3-2-8(10)11-9(12)14/h4-5,7H,3,6H2,1-2H3,(H,16,17)(H2,11,12,13);2-3,7,13H,4-6H2,1H3,(H,15,16)(H2,10,11,14)/t2*7-/m10/s1. The molecule has 0 aliphatic heterocycles. The van der Waals surface area contributed by atoms with Crippen molar-refractivity contribution in [3.05, 3.63) is 35.4 Å². The molecule has 0 fully saturated rings. The molecule has 18 heteroatoms. The maximum Gasteiger partial charge on any atom is 0.349 e. The minimum absolute atomic E-state index is 0.0304. The monoisotopic (exact) mass is 562 g/mol. The number of nitrogen functional groups attached to an aromatic ring is 2. The third-order valence-corrected chi connectivity index (χ3v) is 5.79. The molecule has 2 unspecified atom stereocenters. The zero-order valence-electron chi connectivity index (χ0n) is 20.6. The number of nitrogens with zero attached hydrogens (tertiary/aromatic N) is 6. The van der Waals surface area contributed by atoms with Crippen molar-refractivity contribution in [3.8, 4) is 0 Å². The SMILES string of the molecule is CP(=O)(O)CO[C@H](CO)Cn1ccc(N)nc1=O.C[C@H](Cn1cnc2c(N)ncnc21)OCP(C)(=O)O. The van der Waals surface area contributed by atoms with Gasteiger partial charge in [-0.1, -0.05) is 0 Å². The van der Waals surface area contributed by atoms with Crippen molar-refractivity contribution in [2.75, 3.05) is 44.1 Å². The van der Waals surface area contributed by atoms with Crippen molar-refractivity contribution in [3.63, 3.8) is 0 Å². The minimum Gasteiger partial charge on any atom is -0.394 e. The lowest BCUT2D eigenvalue weighted by Crippen LogP contribution is -2.32. The fraction of sp³-hybridized carbons (Fsp3) is 0.526. The molecule has 3 rings (SSSR count). The van der Waals surface area contributed by atoms with Gasteiger partial charge in [-0.3, -0.25) is 13.7 Å². The summed E-state index contributed by atoms with van der Waals surface area (Å²) in [7, 11) is -6.47. The van der Waals surface area contributed by atoms with Crippen molar-refractivity contribution in [2.45, 2.75) is 32.2 Å². The van der Waals surface area contributed by atoms with Crippen molar-refractivity contribution < 1.29 is 33.5 Å². The first-order valence-electron chi connectivity index (χ1n) is 10.9. The number of fused-ring (bicyclic) bond motifs is 1. The van der Waals surface area contributed by atoms with E-state index in [0.717, 1.165) is 6.66 Å².